The molecule has 4 nitrogen and oxygen atoms in total. The van der Waals surface area contributed by atoms with Crippen molar-refractivity contribution < 1.29 is 4.74 Å². The number of imidazole rings is 1. The Hall–Kier alpha value is -0.870. The van der Waals surface area contributed by atoms with Crippen LogP contribution in [0, 0.1) is 18.8 Å². The molecule has 100 valence electrons. The third-order valence-corrected chi connectivity index (χ3v) is 4.80. The van der Waals surface area contributed by atoms with Gasteiger partial charge in [0.1, 0.15) is 5.82 Å². The van der Waals surface area contributed by atoms with Crippen molar-refractivity contribution in [3.05, 3.63) is 17.7 Å². The van der Waals surface area contributed by atoms with Gasteiger partial charge in [-0.3, -0.25) is 4.90 Å². The van der Waals surface area contributed by atoms with Gasteiger partial charge in [0.15, 0.2) is 0 Å². The van der Waals surface area contributed by atoms with E-state index in [0.717, 1.165) is 24.2 Å². The number of rotatable bonds is 3. The first-order chi connectivity index (χ1) is 8.69. The lowest BCUT2D eigenvalue weighted by atomic mass is 9.95. The van der Waals surface area contributed by atoms with E-state index in [1.807, 2.05) is 13.3 Å². The highest BCUT2D eigenvalue weighted by molar-refractivity contribution is 5.05. The predicted octanol–water partition coefficient (Wildman–Crippen LogP) is 1.59. The van der Waals surface area contributed by atoms with Gasteiger partial charge in [0.2, 0.25) is 0 Å². The van der Waals surface area contributed by atoms with Crippen LogP contribution < -0.4 is 0 Å². The topological polar surface area (TPSA) is 30.3 Å². The van der Waals surface area contributed by atoms with Crippen molar-refractivity contribution in [1.29, 1.82) is 0 Å². The van der Waals surface area contributed by atoms with E-state index in [-0.39, 0.29) is 0 Å². The van der Waals surface area contributed by atoms with Crippen molar-refractivity contribution in [1.82, 2.24) is 14.5 Å². The molecule has 18 heavy (non-hydrogen) atoms. The average molecular weight is 249 g/mol. The highest BCUT2D eigenvalue weighted by Crippen LogP contribution is 2.38. The maximum absolute atomic E-state index is 5.66. The van der Waals surface area contributed by atoms with Gasteiger partial charge in [0.05, 0.1) is 11.8 Å². The lowest BCUT2D eigenvalue weighted by molar-refractivity contribution is -0.0184. The lowest BCUT2D eigenvalue weighted by Crippen LogP contribution is -2.45. The number of methoxy groups -OCH3 is 1. The van der Waals surface area contributed by atoms with E-state index in [4.69, 9.17) is 4.74 Å². The van der Waals surface area contributed by atoms with Crippen LogP contribution in [0.15, 0.2) is 6.20 Å². The second-order valence-corrected chi connectivity index (χ2v) is 5.85. The molecule has 2 heterocycles. The van der Waals surface area contributed by atoms with Gasteiger partial charge in [-0.2, -0.15) is 0 Å². The minimum absolute atomic E-state index is 0.509. The molecule has 1 aliphatic heterocycles. The van der Waals surface area contributed by atoms with Crippen molar-refractivity contribution in [2.75, 3.05) is 20.2 Å². The summed E-state index contributed by atoms with van der Waals surface area (Å²) >= 11 is 0. The zero-order valence-electron chi connectivity index (χ0n) is 11.6. The lowest BCUT2D eigenvalue weighted by Gasteiger charge is -2.37. The Morgan fingerprint density at radius 2 is 2.00 bits per heavy atom. The van der Waals surface area contributed by atoms with E-state index in [1.54, 1.807) is 0 Å². The van der Waals surface area contributed by atoms with Gasteiger partial charge in [-0.05, 0) is 31.6 Å². The van der Waals surface area contributed by atoms with Gasteiger partial charge in [0.25, 0.3) is 0 Å². The molecule has 1 aromatic heterocycles. The minimum Gasteiger partial charge on any atom is -0.381 e. The quantitative estimate of drug-likeness (QED) is 0.815. The van der Waals surface area contributed by atoms with Crippen molar-refractivity contribution in [3.8, 4) is 0 Å². The summed E-state index contributed by atoms with van der Waals surface area (Å²) in [4.78, 5) is 6.96. The number of nitrogens with zero attached hydrogens (tertiary/aromatic N) is 3. The summed E-state index contributed by atoms with van der Waals surface area (Å²) in [5.41, 5.74) is 1.32. The Bertz CT molecular complexity index is 415. The normalized spacial score (nSPS) is 32.1. The monoisotopic (exact) mass is 249 g/mol. The molecule has 1 aliphatic carbocycles. The van der Waals surface area contributed by atoms with E-state index in [9.17, 15) is 0 Å². The van der Waals surface area contributed by atoms with Crippen LogP contribution in [0.25, 0.3) is 0 Å². The number of aryl methyl sites for hydroxylation is 1. The van der Waals surface area contributed by atoms with E-state index < -0.39 is 0 Å². The molecule has 1 saturated heterocycles. The molecule has 0 radical (unpaired) electrons. The fraction of sp³-hybridized carbons (Fsp3) is 0.786. The van der Waals surface area contributed by atoms with Gasteiger partial charge in [0, 0.05) is 40.0 Å². The largest absolute Gasteiger partial charge is 0.381 e. The molecule has 0 aromatic carbocycles. The summed E-state index contributed by atoms with van der Waals surface area (Å²) in [5, 5.41) is 0. The van der Waals surface area contributed by atoms with Crippen LogP contribution in [0.5, 0.6) is 0 Å². The van der Waals surface area contributed by atoms with Crippen molar-refractivity contribution in [2.24, 2.45) is 18.9 Å². The number of likely N-dealkylation sites (tertiary alicyclic amines) is 1. The molecule has 3 atom stereocenters. The third-order valence-electron chi connectivity index (χ3n) is 4.80. The molecule has 1 aromatic rings. The fourth-order valence-electron chi connectivity index (χ4n) is 3.71. The third kappa shape index (κ3) is 1.97. The van der Waals surface area contributed by atoms with E-state index in [1.165, 1.54) is 31.6 Å². The molecule has 0 N–H and O–H groups in total. The maximum Gasteiger partial charge on any atom is 0.105 e. The van der Waals surface area contributed by atoms with Gasteiger partial charge in [-0.25, -0.2) is 4.98 Å². The van der Waals surface area contributed by atoms with E-state index in [2.05, 4.69) is 28.4 Å². The predicted molar refractivity (Wildman–Crippen MR) is 70.2 cm³/mol. The van der Waals surface area contributed by atoms with Crippen molar-refractivity contribution >= 4 is 0 Å². The molecular formula is C14H23N3O. The summed E-state index contributed by atoms with van der Waals surface area (Å²) in [7, 11) is 3.98. The van der Waals surface area contributed by atoms with Crippen LogP contribution >= 0.6 is 0 Å². The van der Waals surface area contributed by atoms with E-state index >= 15 is 0 Å². The molecule has 2 aliphatic rings. The smallest absolute Gasteiger partial charge is 0.105 e. The van der Waals surface area contributed by atoms with Crippen LogP contribution in [-0.4, -0.2) is 40.8 Å². The SMILES string of the molecule is COC1[C@@H]2CC[C@H]1CN(Cc1cnc(C)n1C)C2. The summed E-state index contributed by atoms with van der Waals surface area (Å²) < 4.78 is 7.86. The molecule has 2 bridgehead atoms. The van der Waals surface area contributed by atoms with E-state index in [0.29, 0.717) is 6.10 Å². The van der Waals surface area contributed by atoms with Crippen LogP contribution in [0.4, 0.5) is 0 Å². The highest BCUT2D eigenvalue weighted by atomic mass is 16.5. The Labute approximate surface area is 109 Å². The molecule has 1 unspecified atom stereocenters. The summed E-state index contributed by atoms with van der Waals surface area (Å²) in [6, 6.07) is 0. The Morgan fingerprint density at radius 1 is 1.33 bits per heavy atom. The molecule has 0 amide bonds. The Morgan fingerprint density at radius 3 is 2.50 bits per heavy atom. The fourth-order valence-corrected chi connectivity index (χ4v) is 3.71. The van der Waals surface area contributed by atoms with Gasteiger partial charge < -0.3 is 9.30 Å². The maximum atomic E-state index is 5.66. The first kappa shape index (κ1) is 12.2. The first-order valence-electron chi connectivity index (χ1n) is 6.91. The number of ether oxygens (including phenoxy) is 1. The zero-order valence-corrected chi connectivity index (χ0v) is 11.6. The number of fused-ring (bicyclic) bond motifs is 2. The summed E-state index contributed by atoms with van der Waals surface area (Å²) in [6.45, 7) is 5.45. The molecular weight excluding hydrogens is 226 g/mol. The summed E-state index contributed by atoms with van der Waals surface area (Å²) in [6.07, 6.45) is 5.20. The van der Waals surface area contributed by atoms with Gasteiger partial charge >= 0.3 is 0 Å². The number of piperidine rings is 1. The summed E-state index contributed by atoms with van der Waals surface area (Å²) in [5.74, 6) is 2.57. The van der Waals surface area contributed by atoms with Gasteiger partial charge in [-0.1, -0.05) is 0 Å². The van der Waals surface area contributed by atoms with Crippen LogP contribution in [0.1, 0.15) is 24.4 Å². The number of hydrogen-bond donors (Lipinski definition) is 0. The Balaban J connectivity index is 1.68. The minimum atomic E-state index is 0.509. The number of hydrogen-bond acceptors (Lipinski definition) is 3. The second kappa shape index (κ2) is 4.67. The molecule has 0 spiro atoms. The zero-order chi connectivity index (χ0) is 12.7. The Kier molecular flexibility index (Phi) is 3.16. The van der Waals surface area contributed by atoms with Crippen molar-refractivity contribution in [2.45, 2.75) is 32.4 Å². The highest BCUT2D eigenvalue weighted by Gasteiger charge is 2.42. The first-order valence-corrected chi connectivity index (χ1v) is 6.91. The molecule has 4 heteroatoms. The van der Waals surface area contributed by atoms with Gasteiger partial charge in [-0.15, -0.1) is 0 Å². The average Bonchev–Trinajstić information content (AvgIpc) is 2.80. The standard InChI is InChI=1S/C14H23N3O/c1-10-15-6-13(16(10)2)9-17-7-11-4-5-12(8-17)14(11)18-3/h6,11-12,14H,4-5,7-9H2,1-3H3/t11-,12+,14?. The van der Waals surface area contributed by atoms with Crippen LogP contribution in [0.3, 0.4) is 0 Å². The molecule has 2 fully saturated rings. The molecule has 1 saturated carbocycles. The van der Waals surface area contributed by atoms with Crippen molar-refractivity contribution in [3.63, 3.8) is 0 Å². The van der Waals surface area contributed by atoms with Crippen LogP contribution in [0.2, 0.25) is 0 Å². The second-order valence-electron chi connectivity index (χ2n) is 5.85. The number of aromatic nitrogens is 2. The molecule has 3 rings (SSSR count). The van der Waals surface area contributed by atoms with Crippen LogP contribution in [-0.2, 0) is 18.3 Å².